The Labute approximate surface area is 168 Å². The molecule has 0 fully saturated rings. The molecule has 2 rings (SSSR count). The van der Waals surface area contributed by atoms with Gasteiger partial charge in [0.25, 0.3) is 5.56 Å². The molecule has 1 heterocycles. The van der Waals surface area contributed by atoms with Crippen LogP contribution in [0.15, 0.2) is 39.9 Å². The number of carbonyl (C=O) groups is 2. The van der Waals surface area contributed by atoms with E-state index in [1.165, 1.54) is 19.0 Å². The summed E-state index contributed by atoms with van der Waals surface area (Å²) in [6.07, 6.45) is 0.338. The van der Waals surface area contributed by atoms with E-state index in [9.17, 15) is 19.2 Å². The number of ketones is 1. The number of hydrogen-bond acceptors (Lipinski definition) is 7. The average molecular weight is 402 g/mol. The second-order valence-electron chi connectivity index (χ2n) is 6.76. The van der Waals surface area contributed by atoms with Gasteiger partial charge in [-0.25, -0.2) is 4.79 Å². The van der Waals surface area contributed by atoms with Crippen LogP contribution in [0.1, 0.15) is 22.8 Å². The quantitative estimate of drug-likeness (QED) is 0.486. The number of nitrogens with zero attached hydrogens (tertiary/aromatic N) is 3. The van der Waals surface area contributed by atoms with Crippen LogP contribution in [0.3, 0.4) is 0 Å². The van der Waals surface area contributed by atoms with Crippen molar-refractivity contribution in [3.05, 3.63) is 62.3 Å². The van der Waals surface area contributed by atoms with Crippen LogP contribution >= 0.6 is 0 Å². The number of rotatable bonds is 8. The Bertz CT molecular complexity index is 1010. The first-order chi connectivity index (χ1) is 13.7. The molecule has 0 aliphatic rings. The highest BCUT2D eigenvalue weighted by Crippen LogP contribution is 2.12. The molecule has 0 radical (unpaired) electrons. The van der Waals surface area contributed by atoms with Crippen LogP contribution in [0.25, 0.3) is 0 Å². The van der Waals surface area contributed by atoms with Gasteiger partial charge in [-0.15, -0.1) is 0 Å². The third-order valence-electron chi connectivity index (χ3n) is 4.74. The van der Waals surface area contributed by atoms with Gasteiger partial charge in [0.05, 0.1) is 13.2 Å². The molecule has 0 amide bonds. The second kappa shape index (κ2) is 9.33. The number of hydrogen-bond donors (Lipinski definition) is 1. The molecule has 0 aliphatic carbocycles. The first kappa shape index (κ1) is 22.1. The molecule has 0 bridgehead atoms. The van der Waals surface area contributed by atoms with Crippen molar-refractivity contribution in [2.45, 2.75) is 19.4 Å². The van der Waals surface area contributed by atoms with E-state index in [0.29, 0.717) is 6.42 Å². The number of Topliss-reactive ketones (excluding diaryl/α,β-unsaturated/α-hetero) is 1. The summed E-state index contributed by atoms with van der Waals surface area (Å²) < 4.78 is 7.03. The highest BCUT2D eigenvalue weighted by Gasteiger charge is 2.29. The first-order valence-corrected chi connectivity index (χ1v) is 9.18. The molecule has 1 atom stereocenters. The van der Waals surface area contributed by atoms with Gasteiger partial charge in [0.1, 0.15) is 17.4 Å². The van der Waals surface area contributed by atoms with Crippen molar-refractivity contribution in [3.8, 4) is 0 Å². The zero-order chi connectivity index (χ0) is 21.7. The molecule has 9 heteroatoms. The van der Waals surface area contributed by atoms with Gasteiger partial charge in [-0.1, -0.05) is 30.3 Å². The molecule has 156 valence electrons. The number of likely N-dealkylation sites (N-methyl/N-ethyl adjacent to an activating group) is 1. The predicted molar refractivity (Wildman–Crippen MR) is 109 cm³/mol. The molecule has 1 aromatic carbocycles. The summed E-state index contributed by atoms with van der Waals surface area (Å²) in [6.45, 7) is 1.67. The van der Waals surface area contributed by atoms with Gasteiger partial charge in [-0.2, -0.15) is 0 Å². The van der Waals surface area contributed by atoms with Crippen molar-refractivity contribution in [3.63, 3.8) is 0 Å². The standard InChI is InChI=1S/C20H26N4O5/c1-5-29-19(27)14(11-13-9-7-6-8-10-13)22(2)12-15(25)16-17(21)23(3)20(28)24(4)18(16)26/h6-10,14H,5,11-12,21H2,1-4H3/t14-/m1/s1. The van der Waals surface area contributed by atoms with E-state index in [0.717, 1.165) is 14.7 Å². The number of carbonyl (C=O) groups excluding carboxylic acids is 2. The molecule has 1 aromatic heterocycles. The minimum absolute atomic E-state index is 0.202. The van der Waals surface area contributed by atoms with Crippen molar-refractivity contribution < 1.29 is 14.3 Å². The van der Waals surface area contributed by atoms with Gasteiger partial charge < -0.3 is 10.5 Å². The van der Waals surface area contributed by atoms with Crippen molar-refractivity contribution in [2.24, 2.45) is 14.1 Å². The molecule has 0 spiro atoms. The van der Waals surface area contributed by atoms with Crippen molar-refractivity contribution in [1.82, 2.24) is 14.0 Å². The zero-order valence-electron chi connectivity index (χ0n) is 17.0. The number of ether oxygens (including phenoxy) is 1. The van der Waals surface area contributed by atoms with Gasteiger partial charge >= 0.3 is 11.7 Å². The summed E-state index contributed by atoms with van der Waals surface area (Å²) in [5.41, 5.74) is 5.10. The lowest BCUT2D eigenvalue weighted by atomic mass is 10.0. The Morgan fingerprint density at radius 2 is 1.76 bits per heavy atom. The van der Waals surface area contributed by atoms with Crippen molar-refractivity contribution in [1.29, 1.82) is 0 Å². The largest absolute Gasteiger partial charge is 0.465 e. The predicted octanol–water partition coefficient (Wildman–Crippen LogP) is -0.0449. The Balaban J connectivity index is 2.33. The molecule has 0 unspecified atom stereocenters. The maximum atomic E-state index is 12.8. The van der Waals surface area contributed by atoms with E-state index < -0.39 is 29.0 Å². The molecule has 0 saturated carbocycles. The van der Waals surface area contributed by atoms with E-state index >= 15 is 0 Å². The summed E-state index contributed by atoms with van der Waals surface area (Å²) >= 11 is 0. The Kier molecular flexibility index (Phi) is 7.11. The van der Waals surface area contributed by atoms with E-state index in [1.807, 2.05) is 30.3 Å². The van der Waals surface area contributed by atoms with Crippen LogP contribution in [0.4, 0.5) is 5.82 Å². The van der Waals surface area contributed by atoms with Gasteiger partial charge in [0, 0.05) is 14.1 Å². The van der Waals surface area contributed by atoms with Crippen LogP contribution in [0.5, 0.6) is 0 Å². The zero-order valence-corrected chi connectivity index (χ0v) is 17.0. The lowest BCUT2D eigenvalue weighted by Gasteiger charge is -2.26. The van der Waals surface area contributed by atoms with Crippen LogP contribution in [-0.2, 0) is 30.0 Å². The molecule has 0 saturated heterocycles. The summed E-state index contributed by atoms with van der Waals surface area (Å²) in [5.74, 6) is -1.25. The second-order valence-corrected chi connectivity index (χ2v) is 6.76. The SMILES string of the molecule is CCOC(=O)[C@@H](Cc1ccccc1)N(C)CC(=O)c1c(N)n(C)c(=O)n(C)c1=O. The fourth-order valence-corrected chi connectivity index (χ4v) is 3.03. The molecule has 29 heavy (non-hydrogen) atoms. The summed E-state index contributed by atoms with van der Waals surface area (Å²) in [4.78, 5) is 51.2. The minimum atomic E-state index is -0.764. The Morgan fingerprint density at radius 1 is 1.14 bits per heavy atom. The van der Waals surface area contributed by atoms with E-state index in [4.69, 9.17) is 10.5 Å². The van der Waals surface area contributed by atoms with Crippen molar-refractivity contribution in [2.75, 3.05) is 25.9 Å². The van der Waals surface area contributed by atoms with Crippen LogP contribution in [-0.4, -0.2) is 52.0 Å². The van der Waals surface area contributed by atoms with Crippen LogP contribution < -0.4 is 17.0 Å². The fourth-order valence-electron chi connectivity index (χ4n) is 3.03. The molecular weight excluding hydrogens is 376 g/mol. The van der Waals surface area contributed by atoms with E-state index in [-0.39, 0.29) is 24.5 Å². The van der Waals surface area contributed by atoms with E-state index in [1.54, 1.807) is 14.0 Å². The molecule has 2 N–H and O–H groups in total. The summed E-state index contributed by atoms with van der Waals surface area (Å²) in [5, 5.41) is 0. The number of aromatic nitrogens is 2. The van der Waals surface area contributed by atoms with Gasteiger partial charge in [-0.3, -0.25) is 28.4 Å². The maximum absolute atomic E-state index is 12.8. The Morgan fingerprint density at radius 3 is 2.34 bits per heavy atom. The number of esters is 1. The Hall–Kier alpha value is -3.20. The normalized spacial score (nSPS) is 12.0. The number of benzene rings is 1. The molecule has 2 aromatic rings. The number of nitrogen functional groups attached to an aromatic ring is 1. The maximum Gasteiger partial charge on any atom is 0.332 e. The lowest BCUT2D eigenvalue weighted by Crippen LogP contribution is -2.46. The fraction of sp³-hybridized carbons (Fsp3) is 0.400. The number of anilines is 1. The molecular formula is C20H26N4O5. The van der Waals surface area contributed by atoms with Gasteiger partial charge in [-0.05, 0) is 26.0 Å². The third kappa shape index (κ3) is 4.80. The monoisotopic (exact) mass is 402 g/mol. The van der Waals surface area contributed by atoms with Crippen molar-refractivity contribution >= 4 is 17.6 Å². The first-order valence-electron chi connectivity index (χ1n) is 9.18. The van der Waals surface area contributed by atoms with Crippen LogP contribution in [0, 0.1) is 0 Å². The highest BCUT2D eigenvalue weighted by atomic mass is 16.5. The third-order valence-corrected chi connectivity index (χ3v) is 4.74. The lowest BCUT2D eigenvalue weighted by molar-refractivity contribution is -0.148. The van der Waals surface area contributed by atoms with E-state index in [2.05, 4.69) is 0 Å². The summed E-state index contributed by atoms with van der Waals surface area (Å²) in [7, 11) is 4.26. The van der Waals surface area contributed by atoms with Gasteiger partial charge in [0.2, 0.25) is 0 Å². The van der Waals surface area contributed by atoms with Crippen LogP contribution in [0.2, 0.25) is 0 Å². The summed E-state index contributed by atoms with van der Waals surface area (Å²) in [6, 6.07) is 8.62. The van der Waals surface area contributed by atoms with Gasteiger partial charge in [0.15, 0.2) is 5.78 Å². The number of nitrogens with two attached hydrogens (primary N) is 1. The molecule has 0 aliphatic heterocycles. The smallest absolute Gasteiger partial charge is 0.332 e. The molecule has 9 nitrogen and oxygen atoms in total. The average Bonchev–Trinajstić information content (AvgIpc) is 2.70. The topological polar surface area (TPSA) is 117 Å². The highest BCUT2D eigenvalue weighted by molar-refractivity contribution is 6.01. The minimum Gasteiger partial charge on any atom is -0.465 e.